The van der Waals surface area contributed by atoms with Crippen LogP contribution in [0.3, 0.4) is 0 Å². The van der Waals surface area contributed by atoms with Crippen molar-refractivity contribution >= 4 is 33.6 Å². The minimum atomic E-state index is -3.79. The number of carbonyl (C=O) groups excluding carboxylic acids is 2. The number of benzene rings is 2. The molecule has 152 valence electrons. The second-order valence-electron chi connectivity index (χ2n) is 6.82. The molecule has 1 aliphatic rings. The molecule has 1 aliphatic heterocycles. The normalized spacial score (nSPS) is 15.7. The first kappa shape index (κ1) is 19.6. The summed E-state index contributed by atoms with van der Waals surface area (Å²) in [6.45, 7) is 1.90. The van der Waals surface area contributed by atoms with Gasteiger partial charge in [0, 0.05) is 17.6 Å². The van der Waals surface area contributed by atoms with Gasteiger partial charge in [0.05, 0.1) is 10.6 Å². The maximum atomic E-state index is 12.8. The summed E-state index contributed by atoms with van der Waals surface area (Å²) in [7, 11) is -3.79. The Bertz CT molecular complexity index is 1290. The SMILES string of the molecule is Cc1cccc(N2NC(=O)/C(=C/c3cccn3-c3ccc(S(N)(=O)=O)cc3)C2=O)c1. The summed E-state index contributed by atoms with van der Waals surface area (Å²) < 4.78 is 24.6. The molecule has 0 saturated carbocycles. The number of hydrazine groups is 1. The van der Waals surface area contributed by atoms with Crippen LogP contribution in [0, 0.1) is 6.92 Å². The van der Waals surface area contributed by atoms with Gasteiger partial charge in [-0.2, -0.15) is 0 Å². The molecule has 0 spiro atoms. The summed E-state index contributed by atoms with van der Waals surface area (Å²) in [6, 6.07) is 16.7. The Labute approximate surface area is 173 Å². The fraction of sp³-hybridized carbons (Fsp3) is 0.0476. The average molecular weight is 422 g/mol. The van der Waals surface area contributed by atoms with Crippen LogP contribution in [0.2, 0.25) is 0 Å². The fourth-order valence-electron chi connectivity index (χ4n) is 3.20. The van der Waals surface area contributed by atoms with Gasteiger partial charge >= 0.3 is 0 Å². The average Bonchev–Trinajstić information content (AvgIpc) is 3.27. The van der Waals surface area contributed by atoms with E-state index in [1.54, 1.807) is 47.2 Å². The first-order valence-electron chi connectivity index (χ1n) is 8.98. The molecule has 0 bridgehead atoms. The third-order valence-corrected chi connectivity index (χ3v) is 5.60. The standard InChI is InChI=1S/C21H18N4O4S/c1-14-4-2-5-17(12-14)25-21(27)19(20(26)23-25)13-16-6-3-11-24(16)15-7-9-18(10-8-15)30(22,28)29/h2-13H,1H3,(H,23,26)(H2,22,28,29)/b19-13-. The number of primary sulfonamides is 1. The van der Waals surface area contributed by atoms with E-state index >= 15 is 0 Å². The molecule has 1 fully saturated rings. The van der Waals surface area contributed by atoms with E-state index in [9.17, 15) is 18.0 Å². The molecule has 30 heavy (non-hydrogen) atoms. The van der Waals surface area contributed by atoms with E-state index in [0.717, 1.165) is 5.56 Å². The van der Waals surface area contributed by atoms with Crippen LogP contribution >= 0.6 is 0 Å². The van der Waals surface area contributed by atoms with Crippen molar-refractivity contribution in [3.8, 4) is 5.69 Å². The van der Waals surface area contributed by atoms with Gasteiger partial charge in [-0.1, -0.05) is 12.1 Å². The zero-order chi connectivity index (χ0) is 21.5. The van der Waals surface area contributed by atoms with Crippen LogP contribution in [0.5, 0.6) is 0 Å². The molecule has 1 saturated heterocycles. The number of hydrogen-bond acceptors (Lipinski definition) is 4. The molecular formula is C21H18N4O4S. The molecule has 3 aromatic rings. The van der Waals surface area contributed by atoms with Crippen molar-refractivity contribution in [3.63, 3.8) is 0 Å². The highest BCUT2D eigenvalue weighted by Gasteiger charge is 2.34. The number of nitrogens with two attached hydrogens (primary N) is 1. The van der Waals surface area contributed by atoms with Crippen molar-refractivity contribution in [1.29, 1.82) is 0 Å². The summed E-state index contributed by atoms with van der Waals surface area (Å²) in [4.78, 5) is 25.3. The zero-order valence-electron chi connectivity index (χ0n) is 15.9. The molecule has 4 rings (SSSR count). The van der Waals surface area contributed by atoms with Crippen molar-refractivity contribution in [2.45, 2.75) is 11.8 Å². The number of carbonyl (C=O) groups is 2. The van der Waals surface area contributed by atoms with Crippen LogP contribution < -0.4 is 15.6 Å². The monoisotopic (exact) mass is 422 g/mol. The van der Waals surface area contributed by atoms with Gasteiger partial charge < -0.3 is 4.57 Å². The Balaban J connectivity index is 1.67. The summed E-state index contributed by atoms with van der Waals surface area (Å²) in [6.07, 6.45) is 3.25. The molecular weight excluding hydrogens is 404 g/mol. The summed E-state index contributed by atoms with van der Waals surface area (Å²) in [5, 5.41) is 6.35. The lowest BCUT2D eigenvalue weighted by molar-refractivity contribution is -0.117. The van der Waals surface area contributed by atoms with E-state index < -0.39 is 21.8 Å². The Morgan fingerprint density at radius 2 is 1.70 bits per heavy atom. The first-order chi connectivity index (χ1) is 14.2. The van der Waals surface area contributed by atoms with Crippen LogP contribution in [0.4, 0.5) is 5.69 Å². The highest BCUT2D eigenvalue weighted by atomic mass is 32.2. The van der Waals surface area contributed by atoms with E-state index in [2.05, 4.69) is 5.43 Å². The van der Waals surface area contributed by atoms with E-state index in [1.807, 2.05) is 19.1 Å². The number of aryl methyl sites for hydroxylation is 1. The van der Waals surface area contributed by atoms with Gasteiger partial charge in [0.2, 0.25) is 10.0 Å². The highest BCUT2D eigenvalue weighted by molar-refractivity contribution is 7.89. The smallest absolute Gasteiger partial charge is 0.282 e. The maximum Gasteiger partial charge on any atom is 0.282 e. The van der Waals surface area contributed by atoms with Gasteiger partial charge in [-0.3, -0.25) is 15.0 Å². The lowest BCUT2D eigenvalue weighted by Gasteiger charge is -2.14. The molecule has 1 aromatic heterocycles. The number of rotatable bonds is 4. The molecule has 8 nitrogen and oxygen atoms in total. The molecule has 2 heterocycles. The topological polar surface area (TPSA) is 114 Å². The number of anilines is 1. The largest absolute Gasteiger partial charge is 0.317 e. The van der Waals surface area contributed by atoms with Crippen LogP contribution in [-0.2, 0) is 19.6 Å². The van der Waals surface area contributed by atoms with Crippen LogP contribution in [0.1, 0.15) is 11.3 Å². The Kier molecular flexibility index (Phi) is 4.76. The molecule has 0 radical (unpaired) electrons. The second kappa shape index (κ2) is 7.29. The van der Waals surface area contributed by atoms with Crippen LogP contribution in [-0.4, -0.2) is 24.8 Å². The minimum absolute atomic E-state index is 0.00221. The maximum absolute atomic E-state index is 12.8. The number of sulfonamides is 1. The van der Waals surface area contributed by atoms with Gasteiger partial charge in [-0.15, -0.1) is 0 Å². The minimum Gasteiger partial charge on any atom is -0.317 e. The number of aromatic nitrogens is 1. The Morgan fingerprint density at radius 1 is 0.967 bits per heavy atom. The number of hydrogen-bond donors (Lipinski definition) is 2. The van der Waals surface area contributed by atoms with E-state index in [4.69, 9.17) is 5.14 Å². The Hall–Kier alpha value is -3.69. The zero-order valence-corrected chi connectivity index (χ0v) is 16.8. The number of nitrogens with one attached hydrogen (secondary N) is 1. The third-order valence-electron chi connectivity index (χ3n) is 4.67. The highest BCUT2D eigenvalue weighted by Crippen LogP contribution is 2.23. The van der Waals surface area contributed by atoms with Crippen molar-refractivity contribution in [1.82, 2.24) is 9.99 Å². The number of nitrogens with zero attached hydrogens (tertiary/aromatic N) is 2. The van der Waals surface area contributed by atoms with Crippen molar-refractivity contribution in [2.24, 2.45) is 5.14 Å². The predicted octanol–water partition coefficient (Wildman–Crippen LogP) is 1.89. The summed E-state index contributed by atoms with van der Waals surface area (Å²) in [5.41, 5.74) is 5.35. The van der Waals surface area contributed by atoms with Crippen molar-refractivity contribution in [2.75, 3.05) is 5.01 Å². The molecule has 0 unspecified atom stereocenters. The summed E-state index contributed by atoms with van der Waals surface area (Å²) >= 11 is 0. The van der Waals surface area contributed by atoms with Gasteiger partial charge in [-0.05, 0) is 67.1 Å². The van der Waals surface area contributed by atoms with Gasteiger partial charge in [-0.25, -0.2) is 18.6 Å². The molecule has 0 atom stereocenters. The van der Waals surface area contributed by atoms with E-state index in [0.29, 0.717) is 17.1 Å². The second-order valence-corrected chi connectivity index (χ2v) is 8.38. The molecule has 9 heteroatoms. The van der Waals surface area contributed by atoms with Gasteiger partial charge in [0.15, 0.2) is 0 Å². The van der Waals surface area contributed by atoms with Gasteiger partial charge in [0.25, 0.3) is 11.8 Å². The van der Waals surface area contributed by atoms with Gasteiger partial charge in [0.1, 0.15) is 5.57 Å². The summed E-state index contributed by atoms with van der Waals surface area (Å²) in [5.74, 6) is -0.957. The lowest BCUT2D eigenvalue weighted by Crippen LogP contribution is -2.35. The number of amides is 2. The van der Waals surface area contributed by atoms with Crippen LogP contribution in [0.25, 0.3) is 11.8 Å². The predicted molar refractivity (Wildman–Crippen MR) is 112 cm³/mol. The first-order valence-corrected chi connectivity index (χ1v) is 10.5. The molecule has 2 aromatic carbocycles. The fourth-order valence-corrected chi connectivity index (χ4v) is 3.71. The van der Waals surface area contributed by atoms with Crippen LogP contribution in [0.15, 0.2) is 77.3 Å². The van der Waals surface area contributed by atoms with Crippen molar-refractivity contribution < 1.29 is 18.0 Å². The lowest BCUT2D eigenvalue weighted by atomic mass is 10.2. The molecule has 3 N–H and O–H groups in total. The molecule has 0 aliphatic carbocycles. The third kappa shape index (κ3) is 3.63. The van der Waals surface area contributed by atoms with E-state index in [-0.39, 0.29) is 10.5 Å². The quantitative estimate of drug-likeness (QED) is 0.494. The molecule has 2 amide bonds. The Morgan fingerprint density at radius 3 is 2.37 bits per heavy atom. The van der Waals surface area contributed by atoms with Crippen molar-refractivity contribution in [3.05, 3.63) is 83.7 Å². The van der Waals surface area contributed by atoms with E-state index in [1.165, 1.54) is 23.2 Å².